The van der Waals surface area contributed by atoms with Crippen LogP contribution in [-0.2, 0) is 11.3 Å². The highest BCUT2D eigenvalue weighted by atomic mass is 16.5. The summed E-state index contributed by atoms with van der Waals surface area (Å²) < 4.78 is 15.8. The van der Waals surface area contributed by atoms with E-state index in [9.17, 15) is 0 Å². The standard InChI is InChI=1S/C14H20N4O3/c1-4-21-10-6-5-9(7-11(10)20-3)13(15)14-16-12(8-19-2)17-18-14/h5-7,13H,4,8,15H2,1-3H3,(H,16,17,18). The summed E-state index contributed by atoms with van der Waals surface area (Å²) in [5.74, 6) is 2.47. The highest BCUT2D eigenvalue weighted by Crippen LogP contribution is 2.30. The molecule has 0 bridgehead atoms. The maximum Gasteiger partial charge on any atom is 0.171 e. The number of hydrogen-bond donors (Lipinski definition) is 2. The largest absolute Gasteiger partial charge is 0.493 e. The zero-order chi connectivity index (χ0) is 15.2. The first-order valence-electron chi connectivity index (χ1n) is 6.66. The number of H-pyrrole nitrogens is 1. The van der Waals surface area contributed by atoms with Gasteiger partial charge in [-0.3, -0.25) is 5.10 Å². The van der Waals surface area contributed by atoms with Gasteiger partial charge in [0.15, 0.2) is 23.1 Å². The summed E-state index contributed by atoms with van der Waals surface area (Å²) in [5.41, 5.74) is 7.04. The molecule has 114 valence electrons. The van der Waals surface area contributed by atoms with Gasteiger partial charge in [0.1, 0.15) is 6.61 Å². The lowest BCUT2D eigenvalue weighted by atomic mass is 10.1. The van der Waals surface area contributed by atoms with Gasteiger partial charge in [-0.05, 0) is 24.6 Å². The van der Waals surface area contributed by atoms with Crippen LogP contribution < -0.4 is 15.2 Å². The molecular weight excluding hydrogens is 272 g/mol. The van der Waals surface area contributed by atoms with E-state index in [-0.39, 0.29) is 0 Å². The zero-order valence-corrected chi connectivity index (χ0v) is 12.4. The molecule has 0 radical (unpaired) electrons. The summed E-state index contributed by atoms with van der Waals surface area (Å²) in [6.45, 7) is 2.86. The van der Waals surface area contributed by atoms with Crippen LogP contribution in [0.5, 0.6) is 11.5 Å². The van der Waals surface area contributed by atoms with Gasteiger partial charge in [0.25, 0.3) is 0 Å². The summed E-state index contributed by atoms with van der Waals surface area (Å²) in [6, 6.07) is 5.10. The molecule has 0 spiro atoms. The number of nitrogens with one attached hydrogen (secondary N) is 1. The zero-order valence-electron chi connectivity index (χ0n) is 12.4. The van der Waals surface area contributed by atoms with Crippen molar-refractivity contribution in [2.75, 3.05) is 20.8 Å². The molecule has 3 N–H and O–H groups in total. The second kappa shape index (κ2) is 7.05. The van der Waals surface area contributed by atoms with Gasteiger partial charge in [0.2, 0.25) is 0 Å². The predicted octanol–water partition coefficient (Wildman–Crippen LogP) is 1.41. The summed E-state index contributed by atoms with van der Waals surface area (Å²) >= 11 is 0. The number of rotatable bonds is 7. The van der Waals surface area contributed by atoms with Gasteiger partial charge in [-0.2, -0.15) is 5.10 Å². The molecule has 0 aliphatic rings. The number of nitrogens with zero attached hydrogens (tertiary/aromatic N) is 2. The lowest BCUT2D eigenvalue weighted by molar-refractivity contribution is 0.178. The van der Waals surface area contributed by atoms with E-state index in [0.29, 0.717) is 36.4 Å². The van der Waals surface area contributed by atoms with Gasteiger partial charge in [-0.25, -0.2) is 4.98 Å². The van der Waals surface area contributed by atoms with Crippen LogP contribution in [-0.4, -0.2) is 36.0 Å². The first kappa shape index (κ1) is 15.3. The molecule has 7 nitrogen and oxygen atoms in total. The fourth-order valence-corrected chi connectivity index (χ4v) is 1.95. The molecule has 1 aromatic heterocycles. The molecule has 0 saturated carbocycles. The van der Waals surface area contributed by atoms with E-state index in [1.165, 1.54) is 0 Å². The minimum absolute atomic E-state index is 0.367. The number of ether oxygens (including phenoxy) is 3. The van der Waals surface area contributed by atoms with Crippen molar-refractivity contribution < 1.29 is 14.2 Å². The van der Waals surface area contributed by atoms with Crippen LogP contribution in [0.15, 0.2) is 18.2 Å². The van der Waals surface area contributed by atoms with Crippen LogP contribution in [0, 0.1) is 0 Å². The Kier molecular flexibility index (Phi) is 5.13. The van der Waals surface area contributed by atoms with Gasteiger partial charge >= 0.3 is 0 Å². The second-order valence-corrected chi connectivity index (χ2v) is 4.39. The van der Waals surface area contributed by atoms with E-state index < -0.39 is 6.04 Å². The molecule has 1 aromatic carbocycles. The van der Waals surface area contributed by atoms with E-state index in [0.717, 1.165) is 5.56 Å². The third kappa shape index (κ3) is 3.50. The van der Waals surface area contributed by atoms with Gasteiger partial charge in [0, 0.05) is 7.11 Å². The van der Waals surface area contributed by atoms with Crippen LogP contribution >= 0.6 is 0 Å². The Morgan fingerprint density at radius 3 is 2.76 bits per heavy atom. The Hall–Kier alpha value is -2.12. The fraction of sp³-hybridized carbons (Fsp3) is 0.429. The highest BCUT2D eigenvalue weighted by molar-refractivity contribution is 5.44. The number of aromatic amines is 1. The van der Waals surface area contributed by atoms with Crippen LogP contribution in [0.2, 0.25) is 0 Å². The molecule has 2 aromatic rings. The molecule has 0 fully saturated rings. The third-order valence-corrected chi connectivity index (χ3v) is 2.95. The van der Waals surface area contributed by atoms with Crippen LogP contribution in [0.1, 0.15) is 30.2 Å². The smallest absolute Gasteiger partial charge is 0.171 e. The molecule has 1 atom stereocenters. The van der Waals surface area contributed by atoms with Crippen molar-refractivity contribution in [1.29, 1.82) is 0 Å². The molecule has 1 heterocycles. The van der Waals surface area contributed by atoms with Crippen molar-refractivity contribution in [1.82, 2.24) is 15.2 Å². The average molecular weight is 292 g/mol. The van der Waals surface area contributed by atoms with Crippen LogP contribution in [0.4, 0.5) is 0 Å². The Balaban J connectivity index is 2.23. The SMILES string of the molecule is CCOc1ccc(C(N)c2n[nH]c(COC)n2)cc1OC. The Morgan fingerprint density at radius 1 is 1.29 bits per heavy atom. The van der Waals surface area contributed by atoms with E-state index in [1.54, 1.807) is 14.2 Å². The lowest BCUT2D eigenvalue weighted by Gasteiger charge is -2.13. The van der Waals surface area contributed by atoms with Crippen molar-refractivity contribution in [3.05, 3.63) is 35.4 Å². The summed E-state index contributed by atoms with van der Waals surface area (Å²) in [5, 5.41) is 6.91. The van der Waals surface area contributed by atoms with Crippen LogP contribution in [0.3, 0.4) is 0 Å². The van der Waals surface area contributed by atoms with Gasteiger partial charge in [-0.1, -0.05) is 6.07 Å². The van der Waals surface area contributed by atoms with E-state index in [2.05, 4.69) is 15.2 Å². The number of nitrogens with two attached hydrogens (primary N) is 1. The van der Waals surface area contributed by atoms with Crippen molar-refractivity contribution in [2.24, 2.45) is 5.73 Å². The normalized spacial score (nSPS) is 12.2. The van der Waals surface area contributed by atoms with E-state index in [4.69, 9.17) is 19.9 Å². The summed E-state index contributed by atoms with van der Waals surface area (Å²) in [7, 11) is 3.19. The molecule has 0 saturated heterocycles. The second-order valence-electron chi connectivity index (χ2n) is 4.39. The van der Waals surface area contributed by atoms with Crippen LogP contribution in [0.25, 0.3) is 0 Å². The first-order chi connectivity index (χ1) is 10.2. The number of methoxy groups -OCH3 is 2. The number of hydrogen-bond acceptors (Lipinski definition) is 6. The minimum Gasteiger partial charge on any atom is -0.493 e. The molecular formula is C14H20N4O3. The monoisotopic (exact) mass is 292 g/mol. The molecule has 21 heavy (non-hydrogen) atoms. The molecule has 2 rings (SSSR count). The van der Waals surface area contributed by atoms with Crippen molar-refractivity contribution >= 4 is 0 Å². The molecule has 1 unspecified atom stereocenters. The first-order valence-corrected chi connectivity index (χ1v) is 6.66. The van der Waals surface area contributed by atoms with Gasteiger partial charge in [-0.15, -0.1) is 0 Å². The third-order valence-electron chi connectivity index (χ3n) is 2.95. The molecule has 0 aliphatic heterocycles. The van der Waals surface area contributed by atoms with Gasteiger partial charge < -0.3 is 19.9 Å². The van der Waals surface area contributed by atoms with E-state index in [1.807, 2.05) is 25.1 Å². The van der Waals surface area contributed by atoms with E-state index >= 15 is 0 Å². The molecule has 7 heteroatoms. The molecule has 0 amide bonds. The summed E-state index contributed by atoms with van der Waals surface area (Å²) in [4.78, 5) is 4.30. The minimum atomic E-state index is -0.448. The maximum atomic E-state index is 6.19. The van der Waals surface area contributed by atoms with Crippen molar-refractivity contribution in [3.8, 4) is 11.5 Å². The predicted molar refractivity (Wildman–Crippen MR) is 77.3 cm³/mol. The van der Waals surface area contributed by atoms with Gasteiger partial charge in [0.05, 0.1) is 19.8 Å². The topological polar surface area (TPSA) is 95.3 Å². The maximum absolute atomic E-state index is 6.19. The average Bonchev–Trinajstić information content (AvgIpc) is 2.96. The van der Waals surface area contributed by atoms with Crippen molar-refractivity contribution in [3.63, 3.8) is 0 Å². The fourth-order valence-electron chi connectivity index (χ4n) is 1.95. The Bertz CT molecular complexity index is 585. The highest BCUT2D eigenvalue weighted by Gasteiger charge is 2.17. The summed E-state index contributed by atoms with van der Waals surface area (Å²) in [6.07, 6.45) is 0. The Labute approximate surface area is 123 Å². The Morgan fingerprint density at radius 2 is 2.10 bits per heavy atom. The quantitative estimate of drug-likeness (QED) is 0.801. The molecule has 0 aliphatic carbocycles. The van der Waals surface area contributed by atoms with Crippen molar-refractivity contribution in [2.45, 2.75) is 19.6 Å². The number of aromatic nitrogens is 3. The number of benzene rings is 1. The lowest BCUT2D eigenvalue weighted by Crippen LogP contribution is -2.14.